The number of piperidine rings is 2. The van der Waals surface area contributed by atoms with Gasteiger partial charge in [0.25, 0.3) is 0 Å². The average molecular weight is 254 g/mol. The minimum atomic E-state index is 0.257. The summed E-state index contributed by atoms with van der Waals surface area (Å²) in [6, 6.07) is 1.55. The summed E-state index contributed by atoms with van der Waals surface area (Å²) in [4.78, 5) is 2.63. The van der Waals surface area contributed by atoms with Gasteiger partial charge in [-0.1, -0.05) is 6.92 Å². The molecule has 0 aliphatic carbocycles. The maximum absolute atomic E-state index is 9.25. The Morgan fingerprint density at radius 1 is 1.28 bits per heavy atom. The lowest BCUT2D eigenvalue weighted by Crippen LogP contribution is -2.58. The van der Waals surface area contributed by atoms with Gasteiger partial charge in [0.1, 0.15) is 0 Å². The number of nitrogens with zero attached hydrogens (tertiary/aromatic N) is 1. The first-order valence-electron chi connectivity index (χ1n) is 7.34. The summed E-state index contributed by atoms with van der Waals surface area (Å²) in [6.45, 7) is 5.86. The van der Waals surface area contributed by atoms with Crippen LogP contribution in [0.2, 0.25) is 0 Å². The van der Waals surface area contributed by atoms with Crippen LogP contribution in [0.4, 0.5) is 0 Å². The van der Waals surface area contributed by atoms with Crippen molar-refractivity contribution in [2.45, 2.75) is 50.5 Å². The van der Waals surface area contributed by atoms with Gasteiger partial charge in [-0.05, 0) is 31.7 Å². The van der Waals surface area contributed by atoms with Gasteiger partial charge in [-0.25, -0.2) is 0 Å². The molecule has 0 amide bonds. The van der Waals surface area contributed by atoms with E-state index in [1.165, 1.54) is 12.8 Å². The first kappa shape index (κ1) is 12.8. The van der Waals surface area contributed by atoms with Crippen molar-refractivity contribution in [1.29, 1.82) is 0 Å². The van der Waals surface area contributed by atoms with Crippen molar-refractivity contribution in [3.63, 3.8) is 0 Å². The van der Waals surface area contributed by atoms with Gasteiger partial charge in [0.2, 0.25) is 0 Å². The van der Waals surface area contributed by atoms with Gasteiger partial charge in [-0.3, -0.25) is 15.5 Å². The van der Waals surface area contributed by atoms with Crippen LogP contribution in [0.5, 0.6) is 0 Å². The number of hydrogen-bond acceptors (Lipinski definition) is 5. The third-order valence-corrected chi connectivity index (χ3v) is 4.77. The van der Waals surface area contributed by atoms with E-state index in [-0.39, 0.29) is 12.6 Å². The van der Waals surface area contributed by atoms with Gasteiger partial charge in [0.15, 0.2) is 0 Å². The van der Waals surface area contributed by atoms with E-state index < -0.39 is 0 Å². The van der Waals surface area contributed by atoms with Gasteiger partial charge in [0, 0.05) is 24.7 Å². The fourth-order valence-electron chi connectivity index (χ4n) is 3.78. The molecule has 104 valence electrons. The minimum absolute atomic E-state index is 0.257. The van der Waals surface area contributed by atoms with E-state index in [2.05, 4.69) is 27.8 Å². The van der Waals surface area contributed by atoms with Crippen molar-refractivity contribution in [1.82, 2.24) is 20.9 Å². The van der Waals surface area contributed by atoms with Gasteiger partial charge in [-0.15, -0.1) is 0 Å². The SMILES string of the molecule is CC1CNC[C@H](N2CNC3NC(CO)CCC32)C1. The van der Waals surface area contributed by atoms with Crippen molar-refractivity contribution in [2.24, 2.45) is 5.92 Å². The van der Waals surface area contributed by atoms with Crippen LogP contribution in [-0.4, -0.2) is 60.7 Å². The number of rotatable bonds is 2. The van der Waals surface area contributed by atoms with Gasteiger partial charge < -0.3 is 10.4 Å². The first-order valence-corrected chi connectivity index (χ1v) is 7.34. The van der Waals surface area contributed by atoms with Crippen LogP contribution in [0, 0.1) is 5.92 Å². The van der Waals surface area contributed by atoms with Crippen LogP contribution in [0.1, 0.15) is 26.2 Å². The van der Waals surface area contributed by atoms with Crippen LogP contribution >= 0.6 is 0 Å². The fourth-order valence-corrected chi connectivity index (χ4v) is 3.78. The second-order valence-electron chi connectivity index (χ2n) is 6.20. The van der Waals surface area contributed by atoms with Gasteiger partial charge >= 0.3 is 0 Å². The summed E-state index contributed by atoms with van der Waals surface area (Å²) >= 11 is 0. The van der Waals surface area contributed by atoms with Crippen LogP contribution in [-0.2, 0) is 0 Å². The van der Waals surface area contributed by atoms with E-state index in [1.807, 2.05) is 0 Å². The third-order valence-electron chi connectivity index (χ3n) is 4.77. The van der Waals surface area contributed by atoms with Crippen LogP contribution in [0.25, 0.3) is 0 Å². The molecule has 5 nitrogen and oxygen atoms in total. The molecular formula is C13H26N4O. The average Bonchev–Trinajstić information content (AvgIpc) is 2.81. The zero-order valence-electron chi connectivity index (χ0n) is 11.2. The highest BCUT2D eigenvalue weighted by molar-refractivity contribution is 4.98. The molecule has 3 rings (SSSR count). The summed E-state index contributed by atoms with van der Waals surface area (Å²) in [5, 5.41) is 19.9. The molecule has 3 fully saturated rings. The first-order chi connectivity index (χ1) is 8.78. The molecule has 3 aliphatic heterocycles. The quantitative estimate of drug-likeness (QED) is 0.524. The van der Waals surface area contributed by atoms with Crippen molar-refractivity contribution in [3.8, 4) is 0 Å². The Kier molecular flexibility index (Phi) is 3.86. The molecular weight excluding hydrogens is 228 g/mol. The molecule has 5 atom stereocenters. The standard InChI is InChI=1S/C13H26N4O/c1-9-4-11(6-14-5-9)17-8-15-13-12(17)3-2-10(7-18)16-13/h9-16,18H,2-8H2,1H3/t9?,10?,11-,12?,13?/m1/s1. The minimum Gasteiger partial charge on any atom is -0.395 e. The molecule has 3 saturated heterocycles. The van der Waals surface area contributed by atoms with E-state index >= 15 is 0 Å². The number of fused-ring (bicyclic) bond motifs is 1. The van der Waals surface area contributed by atoms with Crippen molar-refractivity contribution in [3.05, 3.63) is 0 Å². The van der Waals surface area contributed by atoms with Gasteiger partial charge in [0.05, 0.1) is 19.4 Å². The maximum atomic E-state index is 9.25. The Labute approximate surface area is 109 Å². The molecule has 0 aromatic heterocycles. The summed E-state index contributed by atoms with van der Waals surface area (Å²) in [7, 11) is 0. The molecule has 3 heterocycles. The Bertz CT molecular complexity index is 288. The highest BCUT2D eigenvalue weighted by atomic mass is 16.3. The van der Waals surface area contributed by atoms with E-state index in [1.54, 1.807) is 0 Å². The number of hydrogen-bond donors (Lipinski definition) is 4. The number of nitrogens with one attached hydrogen (secondary N) is 3. The maximum Gasteiger partial charge on any atom is 0.0745 e. The second kappa shape index (κ2) is 5.43. The lowest BCUT2D eigenvalue weighted by Gasteiger charge is -2.41. The lowest BCUT2D eigenvalue weighted by molar-refractivity contribution is 0.0927. The summed E-state index contributed by atoms with van der Waals surface area (Å²) in [5.41, 5.74) is 0. The summed E-state index contributed by atoms with van der Waals surface area (Å²) in [5.74, 6) is 0.782. The Morgan fingerprint density at radius 3 is 2.94 bits per heavy atom. The lowest BCUT2D eigenvalue weighted by atomic mass is 9.93. The largest absolute Gasteiger partial charge is 0.395 e. The topological polar surface area (TPSA) is 59.6 Å². The van der Waals surface area contributed by atoms with Crippen LogP contribution in [0.15, 0.2) is 0 Å². The van der Waals surface area contributed by atoms with Crippen LogP contribution < -0.4 is 16.0 Å². The molecule has 0 aromatic rings. The van der Waals surface area contributed by atoms with E-state index in [0.717, 1.165) is 32.1 Å². The summed E-state index contributed by atoms with van der Waals surface area (Å²) < 4.78 is 0. The molecule has 0 aromatic carbocycles. The zero-order chi connectivity index (χ0) is 12.5. The van der Waals surface area contributed by atoms with E-state index in [4.69, 9.17) is 0 Å². The highest BCUT2D eigenvalue weighted by Crippen LogP contribution is 2.26. The normalized spacial score (nSPS) is 46.0. The number of aliphatic hydroxyl groups is 1. The molecule has 5 heteroatoms. The summed E-state index contributed by atoms with van der Waals surface area (Å²) in [6.07, 6.45) is 3.96. The molecule has 0 spiro atoms. The monoisotopic (exact) mass is 254 g/mol. The van der Waals surface area contributed by atoms with Gasteiger partial charge in [-0.2, -0.15) is 0 Å². The third kappa shape index (κ3) is 2.42. The highest BCUT2D eigenvalue weighted by Gasteiger charge is 2.41. The molecule has 4 unspecified atom stereocenters. The predicted molar refractivity (Wildman–Crippen MR) is 71.1 cm³/mol. The molecule has 18 heavy (non-hydrogen) atoms. The molecule has 4 N–H and O–H groups in total. The molecule has 0 saturated carbocycles. The van der Waals surface area contributed by atoms with E-state index in [0.29, 0.717) is 18.2 Å². The molecule has 0 radical (unpaired) electrons. The van der Waals surface area contributed by atoms with Crippen molar-refractivity contribution < 1.29 is 5.11 Å². The fraction of sp³-hybridized carbons (Fsp3) is 1.00. The Hall–Kier alpha value is -0.200. The van der Waals surface area contributed by atoms with Crippen LogP contribution in [0.3, 0.4) is 0 Å². The molecule has 0 bridgehead atoms. The van der Waals surface area contributed by atoms with Crippen molar-refractivity contribution in [2.75, 3.05) is 26.4 Å². The van der Waals surface area contributed by atoms with E-state index in [9.17, 15) is 5.11 Å². The second-order valence-corrected chi connectivity index (χ2v) is 6.20. The Balaban J connectivity index is 1.62. The zero-order valence-corrected chi connectivity index (χ0v) is 11.2. The number of aliphatic hydroxyl groups excluding tert-OH is 1. The van der Waals surface area contributed by atoms with Crippen molar-refractivity contribution >= 4 is 0 Å². The Morgan fingerprint density at radius 2 is 2.17 bits per heavy atom. The predicted octanol–water partition coefficient (Wildman–Crippen LogP) is -0.714. The smallest absolute Gasteiger partial charge is 0.0745 e. The molecule has 3 aliphatic rings.